The molecular formula is C16H10ClIN2O. The Balaban J connectivity index is 1.89. The van der Waals surface area contributed by atoms with Crippen LogP contribution in [-0.4, -0.2) is 10.9 Å². The number of carbonyl (C=O) groups is 1. The third-order valence-corrected chi connectivity index (χ3v) is 4.17. The molecule has 1 amide bonds. The van der Waals surface area contributed by atoms with Crippen LogP contribution in [0.15, 0.2) is 54.7 Å². The molecule has 0 radical (unpaired) electrons. The SMILES string of the molecule is O=C(Nc1ccc(Cl)cc1I)c1ccc2ncccc2c1. The third kappa shape index (κ3) is 3.16. The quantitative estimate of drug-likeness (QED) is 0.622. The van der Waals surface area contributed by atoms with Crippen molar-refractivity contribution in [2.45, 2.75) is 0 Å². The molecule has 0 bridgehead atoms. The zero-order valence-electron chi connectivity index (χ0n) is 10.8. The van der Waals surface area contributed by atoms with Gasteiger partial charge >= 0.3 is 0 Å². The van der Waals surface area contributed by atoms with Gasteiger partial charge in [-0.25, -0.2) is 0 Å². The first kappa shape index (κ1) is 14.3. The average Bonchev–Trinajstić information content (AvgIpc) is 2.49. The van der Waals surface area contributed by atoms with Gasteiger partial charge in [-0.3, -0.25) is 9.78 Å². The highest BCUT2D eigenvalue weighted by Crippen LogP contribution is 2.23. The van der Waals surface area contributed by atoms with E-state index in [1.165, 1.54) is 0 Å². The second-order valence-corrected chi connectivity index (χ2v) is 6.09. The second-order valence-electron chi connectivity index (χ2n) is 4.49. The van der Waals surface area contributed by atoms with E-state index in [0.717, 1.165) is 20.2 Å². The van der Waals surface area contributed by atoms with Crippen molar-refractivity contribution in [2.24, 2.45) is 0 Å². The van der Waals surface area contributed by atoms with Gasteiger partial charge in [0.05, 0.1) is 11.2 Å². The lowest BCUT2D eigenvalue weighted by Gasteiger charge is -2.08. The molecule has 0 atom stereocenters. The summed E-state index contributed by atoms with van der Waals surface area (Å²) < 4.78 is 0.899. The summed E-state index contributed by atoms with van der Waals surface area (Å²) in [5.41, 5.74) is 2.22. The first-order valence-corrected chi connectivity index (χ1v) is 7.70. The van der Waals surface area contributed by atoms with Gasteiger partial charge in [-0.1, -0.05) is 17.7 Å². The van der Waals surface area contributed by atoms with Gasteiger partial charge in [-0.15, -0.1) is 0 Å². The van der Waals surface area contributed by atoms with Crippen molar-refractivity contribution >= 4 is 56.7 Å². The molecule has 1 aromatic heterocycles. The summed E-state index contributed by atoms with van der Waals surface area (Å²) in [7, 11) is 0. The van der Waals surface area contributed by atoms with Gasteiger partial charge in [0.1, 0.15) is 0 Å². The number of nitrogens with one attached hydrogen (secondary N) is 1. The van der Waals surface area contributed by atoms with E-state index in [0.29, 0.717) is 10.6 Å². The fourth-order valence-corrected chi connectivity index (χ4v) is 3.01. The largest absolute Gasteiger partial charge is 0.321 e. The Bertz CT molecular complexity index is 835. The first-order valence-electron chi connectivity index (χ1n) is 6.25. The maximum atomic E-state index is 12.3. The number of hydrogen-bond donors (Lipinski definition) is 1. The van der Waals surface area contributed by atoms with Crippen molar-refractivity contribution in [3.8, 4) is 0 Å². The molecule has 0 saturated heterocycles. The Morgan fingerprint density at radius 3 is 2.81 bits per heavy atom. The Morgan fingerprint density at radius 2 is 2.00 bits per heavy atom. The number of amides is 1. The van der Waals surface area contributed by atoms with Crippen molar-refractivity contribution in [2.75, 3.05) is 5.32 Å². The van der Waals surface area contributed by atoms with Gasteiger partial charge in [0.2, 0.25) is 0 Å². The van der Waals surface area contributed by atoms with E-state index in [9.17, 15) is 4.79 Å². The lowest BCUT2D eigenvalue weighted by atomic mass is 10.1. The molecule has 0 fully saturated rings. The van der Waals surface area contributed by atoms with Gasteiger partial charge in [0, 0.05) is 25.7 Å². The standard InChI is InChI=1S/C16H10ClIN2O/c17-12-4-6-15(13(18)9-12)20-16(21)11-3-5-14-10(8-11)2-1-7-19-14/h1-9H,(H,20,21). The van der Waals surface area contributed by atoms with E-state index >= 15 is 0 Å². The van der Waals surface area contributed by atoms with E-state index in [-0.39, 0.29) is 5.91 Å². The smallest absolute Gasteiger partial charge is 0.255 e. The van der Waals surface area contributed by atoms with Crippen molar-refractivity contribution in [1.82, 2.24) is 4.98 Å². The molecule has 1 N–H and O–H groups in total. The number of rotatable bonds is 2. The highest BCUT2D eigenvalue weighted by Gasteiger charge is 2.09. The van der Waals surface area contributed by atoms with Crippen LogP contribution in [-0.2, 0) is 0 Å². The zero-order valence-corrected chi connectivity index (χ0v) is 13.7. The number of aromatic nitrogens is 1. The van der Waals surface area contributed by atoms with E-state index in [4.69, 9.17) is 11.6 Å². The number of carbonyl (C=O) groups excluding carboxylic acids is 1. The Morgan fingerprint density at radius 1 is 1.14 bits per heavy atom. The van der Waals surface area contributed by atoms with Gasteiger partial charge in [-0.05, 0) is 65.1 Å². The van der Waals surface area contributed by atoms with Crippen LogP contribution in [0.1, 0.15) is 10.4 Å². The molecule has 0 aliphatic rings. The highest BCUT2D eigenvalue weighted by molar-refractivity contribution is 14.1. The number of hydrogen-bond acceptors (Lipinski definition) is 2. The summed E-state index contributed by atoms with van der Waals surface area (Å²) in [6, 6.07) is 14.6. The summed E-state index contributed by atoms with van der Waals surface area (Å²) >= 11 is 8.06. The summed E-state index contributed by atoms with van der Waals surface area (Å²) in [5.74, 6) is -0.152. The topological polar surface area (TPSA) is 42.0 Å². The molecule has 0 aliphatic carbocycles. The molecule has 5 heteroatoms. The predicted octanol–water partition coefficient (Wildman–Crippen LogP) is 4.75. The van der Waals surface area contributed by atoms with Crippen LogP contribution >= 0.6 is 34.2 Å². The molecule has 3 nitrogen and oxygen atoms in total. The highest BCUT2D eigenvalue weighted by atomic mass is 127. The normalized spacial score (nSPS) is 10.6. The molecule has 0 saturated carbocycles. The van der Waals surface area contributed by atoms with Gasteiger partial charge in [0.15, 0.2) is 0 Å². The lowest BCUT2D eigenvalue weighted by Crippen LogP contribution is -2.12. The number of anilines is 1. The van der Waals surface area contributed by atoms with Crippen LogP contribution in [0.4, 0.5) is 5.69 Å². The maximum Gasteiger partial charge on any atom is 0.255 e. The Kier molecular flexibility index (Phi) is 4.07. The summed E-state index contributed by atoms with van der Waals surface area (Å²) in [5, 5.41) is 4.48. The number of halogens is 2. The van der Waals surface area contributed by atoms with Crippen LogP contribution in [0.3, 0.4) is 0 Å². The molecular weight excluding hydrogens is 399 g/mol. The minimum absolute atomic E-state index is 0.152. The second kappa shape index (κ2) is 5.99. The van der Waals surface area contributed by atoms with Crippen molar-refractivity contribution in [3.05, 3.63) is 68.9 Å². The molecule has 21 heavy (non-hydrogen) atoms. The zero-order chi connectivity index (χ0) is 14.8. The summed E-state index contributed by atoms with van der Waals surface area (Å²) in [4.78, 5) is 16.6. The van der Waals surface area contributed by atoms with Crippen molar-refractivity contribution in [3.63, 3.8) is 0 Å². The molecule has 0 aliphatic heterocycles. The van der Waals surface area contributed by atoms with Crippen LogP contribution in [0, 0.1) is 3.57 Å². The molecule has 0 spiro atoms. The van der Waals surface area contributed by atoms with Crippen LogP contribution < -0.4 is 5.32 Å². The minimum Gasteiger partial charge on any atom is -0.321 e. The summed E-state index contributed by atoms with van der Waals surface area (Å²) in [6.07, 6.45) is 1.73. The third-order valence-electron chi connectivity index (χ3n) is 3.04. The molecule has 1 heterocycles. The fourth-order valence-electron chi connectivity index (χ4n) is 2.00. The Hall–Kier alpha value is -1.66. The number of pyridine rings is 1. The number of benzene rings is 2. The van der Waals surface area contributed by atoms with E-state index in [2.05, 4.69) is 32.9 Å². The van der Waals surface area contributed by atoms with Crippen LogP contribution in [0.25, 0.3) is 10.9 Å². The van der Waals surface area contributed by atoms with E-state index in [1.54, 1.807) is 24.4 Å². The molecule has 3 rings (SSSR count). The molecule has 0 unspecified atom stereocenters. The van der Waals surface area contributed by atoms with Gasteiger partial charge < -0.3 is 5.32 Å². The average molecular weight is 409 g/mol. The Labute approximate surface area is 140 Å². The van der Waals surface area contributed by atoms with Crippen molar-refractivity contribution in [1.29, 1.82) is 0 Å². The maximum absolute atomic E-state index is 12.3. The summed E-state index contributed by atoms with van der Waals surface area (Å²) in [6.45, 7) is 0. The predicted molar refractivity (Wildman–Crippen MR) is 93.9 cm³/mol. The molecule has 3 aromatic rings. The number of fused-ring (bicyclic) bond motifs is 1. The first-order chi connectivity index (χ1) is 10.1. The number of nitrogens with zero attached hydrogens (tertiary/aromatic N) is 1. The minimum atomic E-state index is -0.152. The van der Waals surface area contributed by atoms with E-state index in [1.807, 2.05) is 30.3 Å². The van der Waals surface area contributed by atoms with Crippen LogP contribution in [0.5, 0.6) is 0 Å². The van der Waals surface area contributed by atoms with Gasteiger partial charge in [0.25, 0.3) is 5.91 Å². The van der Waals surface area contributed by atoms with Gasteiger partial charge in [-0.2, -0.15) is 0 Å². The molecule has 104 valence electrons. The van der Waals surface area contributed by atoms with Crippen LogP contribution in [0.2, 0.25) is 5.02 Å². The monoisotopic (exact) mass is 408 g/mol. The van der Waals surface area contributed by atoms with E-state index < -0.39 is 0 Å². The van der Waals surface area contributed by atoms with Crippen molar-refractivity contribution < 1.29 is 4.79 Å². The lowest BCUT2D eigenvalue weighted by molar-refractivity contribution is 0.102. The fraction of sp³-hybridized carbons (Fsp3) is 0. The molecule has 2 aromatic carbocycles.